The maximum atomic E-state index is 12.4. The molecule has 0 spiro atoms. The summed E-state index contributed by atoms with van der Waals surface area (Å²) >= 11 is 0. The van der Waals surface area contributed by atoms with Crippen LogP contribution in [0.25, 0.3) is 0 Å². The quantitative estimate of drug-likeness (QED) is 0.774. The molecule has 0 saturated carbocycles. The lowest BCUT2D eigenvalue weighted by atomic mass is 10.1. The molecular formula is C19H27F2N3O2. The number of rotatable bonds is 6. The Morgan fingerprint density at radius 1 is 0.923 bits per heavy atom. The summed E-state index contributed by atoms with van der Waals surface area (Å²) in [6.45, 7) is 3.90. The smallest absolute Gasteiger partial charge is 0.387 e. The zero-order chi connectivity index (χ0) is 18.4. The van der Waals surface area contributed by atoms with Crippen molar-refractivity contribution in [1.82, 2.24) is 14.7 Å². The van der Waals surface area contributed by atoms with Crippen molar-refractivity contribution in [1.29, 1.82) is 0 Å². The Hall–Kier alpha value is -1.73. The van der Waals surface area contributed by atoms with Gasteiger partial charge < -0.3 is 9.64 Å². The van der Waals surface area contributed by atoms with Gasteiger partial charge in [-0.2, -0.15) is 8.78 Å². The van der Waals surface area contributed by atoms with E-state index in [1.54, 1.807) is 12.1 Å². The van der Waals surface area contributed by atoms with Gasteiger partial charge in [-0.3, -0.25) is 14.6 Å². The Bertz CT molecular complexity index is 569. The number of ether oxygens (including phenoxy) is 1. The molecule has 0 N–H and O–H groups in total. The SMILES string of the molecule is O=C(CN1CCN(Cc2ccc(OC(F)F)cc2)CC1)N1CCCCC1. The molecule has 2 saturated heterocycles. The Kier molecular flexibility index (Phi) is 6.80. The number of likely N-dealkylation sites (tertiary alicyclic amines) is 1. The van der Waals surface area contributed by atoms with Gasteiger partial charge in [-0.25, -0.2) is 0 Å². The lowest BCUT2D eigenvalue weighted by molar-refractivity contribution is -0.133. The topological polar surface area (TPSA) is 36.0 Å². The highest BCUT2D eigenvalue weighted by Gasteiger charge is 2.22. The van der Waals surface area contributed by atoms with Gasteiger partial charge in [-0.15, -0.1) is 0 Å². The number of alkyl halides is 2. The monoisotopic (exact) mass is 367 g/mol. The summed E-state index contributed by atoms with van der Waals surface area (Å²) in [4.78, 5) is 18.9. The van der Waals surface area contributed by atoms with Crippen LogP contribution in [0.2, 0.25) is 0 Å². The minimum atomic E-state index is -2.79. The van der Waals surface area contributed by atoms with Crippen LogP contribution in [0.15, 0.2) is 24.3 Å². The van der Waals surface area contributed by atoms with Crippen LogP contribution in [-0.4, -0.2) is 73.0 Å². The highest BCUT2D eigenvalue weighted by molar-refractivity contribution is 5.78. The normalized spacial score (nSPS) is 19.7. The standard InChI is InChI=1S/C19H27F2N3O2/c20-19(21)26-17-6-4-16(5-7-17)14-22-10-12-23(13-11-22)15-18(25)24-8-2-1-3-9-24/h4-7,19H,1-3,8-15H2. The number of hydrogen-bond acceptors (Lipinski definition) is 4. The molecule has 2 fully saturated rings. The van der Waals surface area contributed by atoms with Crippen molar-refractivity contribution in [3.05, 3.63) is 29.8 Å². The Labute approximate surface area is 153 Å². The second-order valence-electron chi connectivity index (χ2n) is 7.02. The molecule has 144 valence electrons. The molecule has 0 aliphatic carbocycles. The molecule has 2 aliphatic rings. The largest absolute Gasteiger partial charge is 0.435 e. The van der Waals surface area contributed by atoms with Crippen LogP contribution in [0.5, 0.6) is 5.75 Å². The van der Waals surface area contributed by atoms with Gasteiger partial charge in [-0.1, -0.05) is 12.1 Å². The Morgan fingerprint density at radius 3 is 2.15 bits per heavy atom. The summed E-state index contributed by atoms with van der Waals surface area (Å²) in [7, 11) is 0. The van der Waals surface area contributed by atoms with E-state index < -0.39 is 6.61 Å². The van der Waals surface area contributed by atoms with Crippen molar-refractivity contribution in [2.24, 2.45) is 0 Å². The summed E-state index contributed by atoms with van der Waals surface area (Å²) in [6.07, 6.45) is 3.49. The van der Waals surface area contributed by atoms with E-state index in [0.717, 1.165) is 64.2 Å². The first-order valence-corrected chi connectivity index (χ1v) is 9.36. The van der Waals surface area contributed by atoms with Crippen molar-refractivity contribution in [2.75, 3.05) is 45.8 Å². The molecular weight excluding hydrogens is 340 g/mol. The van der Waals surface area contributed by atoms with Gasteiger partial charge in [-0.05, 0) is 37.0 Å². The molecule has 2 aliphatic heterocycles. The maximum Gasteiger partial charge on any atom is 0.387 e. The number of carbonyl (C=O) groups is 1. The first kappa shape index (κ1) is 19.0. The molecule has 0 unspecified atom stereocenters. The van der Waals surface area contributed by atoms with Crippen molar-refractivity contribution in [3.8, 4) is 5.75 Å². The average Bonchev–Trinajstić information content (AvgIpc) is 2.65. The van der Waals surface area contributed by atoms with Crippen molar-refractivity contribution >= 4 is 5.91 Å². The van der Waals surface area contributed by atoms with Crippen LogP contribution in [0.3, 0.4) is 0 Å². The number of amides is 1. The van der Waals surface area contributed by atoms with Crippen LogP contribution in [0.4, 0.5) is 8.78 Å². The van der Waals surface area contributed by atoms with Gasteiger partial charge in [0.1, 0.15) is 5.75 Å². The molecule has 2 heterocycles. The van der Waals surface area contributed by atoms with E-state index in [2.05, 4.69) is 14.5 Å². The number of benzene rings is 1. The summed E-state index contributed by atoms with van der Waals surface area (Å²) in [6, 6.07) is 6.80. The van der Waals surface area contributed by atoms with Crippen LogP contribution < -0.4 is 4.74 Å². The maximum absolute atomic E-state index is 12.4. The molecule has 3 rings (SSSR count). The van der Waals surface area contributed by atoms with E-state index in [1.165, 1.54) is 6.42 Å². The fourth-order valence-electron chi connectivity index (χ4n) is 3.57. The summed E-state index contributed by atoms with van der Waals surface area (Å²) in [5.41, 5.74) is 1.07. The van der Waals surface area contributed by atoms with Gasteiger partial charge in [0.2, 0.25) is 5.91 Å². The Balaban J connectivity index is 1.40. The first-order chi connectivity index (χ1) is 12.6. The summed E-state index contributed by atoms with van der Waals surface area (Å²) < 4.78 is 28.7. The second kappa shape index (κ2) is 9.28. The zero-order valence-electron chi connectivity index (χ0n) is 15.1. The predicted molar refractivity (Wildman–Crippen MR) is 95.2 cm³/mol. The van der Waals surface area contributed by atoms with Crippen molar-refractivity contribution in [2.45, 2.75) is 32.4 Å². The molecule has 0 aromatic heterocycles. The highest BCUT2D eigenvalue weighted by atomic mass is 19.3. The molecule has 1 aromatic rings. The van der Waals surface area contributed by atoms with E-state index in [-0.39, 0.29) is 11.7 Å². The fourth-order valence-corrected chi connectivity index (χ4v) is 3.57. The minimum absolute atomic E-state index is 0.185. The number of carbonyl (C=O) groups excluding carboxylic acids is 1. The molecule has 1 aromatic carbocycles. The first-order valence-electron chi connectivity index (χ1n) is 9.36. The van der Waals surface area contributed by atoms with Gasteiger partial charge in [0.25, 0.3) is 0 Å². The number of hydrogen-bond donors (Lipinski definition) is 0. The van der Waals surface area contributed by atoms with E-state index in [1.807, 2.05) is 17.0 Å². The van der Waals surface area contributed by atoms with Crippen LogP contribution in [0.1, 0.15) is 24.8 Å². The Morgan fingerprint density at radius 2 is 1.54 bits per heavy atom. The molecule has 7 heteroatoms. The number of piperazine rings is 1. The summed E-state index contributed by atoms with van der Waals surface area (Å²) in [5, 5.41) is 0. The van der Waals surface area contributed by atoms with Gasteiger partial charge in [0.15, 0.2) is 0 Å². The number of halogens is 2. The summed E-state index contributed by atoms with van der Waals surface area (Å²) in [5.74, 6) is 0.442. The van der Waals surface area contributed by atoms with E-state index in [0.29, 0.717) is 6.54 Å². The predicted octanol–water partition coefficient (Wildman–Crippen LogP) is 2.42. The van der Waals surface area contributed by atoms with Gasteiger partial charge >= 0.3 is 6.61 Å². The number of piperidine rings is 1. The minimum Gasteiger partial charge on any atom is -0.435 e. The lowest BCUT2D eigenvalue weighted by Crippen LogP contribution is -2.50. The lowest BCUT2D eigenvalue weighted by Gasteiger charge is -2.36. The van der Waals surface area contributed by atoms with E-state index in [9.17, 15) is 13.6 Å². The molecule has 0 bridgehead atoms. The molecule has 0 radical (unpaired) electrons. The average molecular weight is 367 g/mol. The number of nitrogens with zero attached hydrogens (tertiary/aromatic N) is 3. The van der Waals surface area contributed by atoms with Gasteiger partial charge in [0, 0.05) is 45.8 Å². The van der Waals surface area contributed by atoms with Gasteiger partial charge in [0.05, 0.1) is 6.54 Å². The second-order valence-corrected chi connectivity index (χ2v) is 7.02. The molecule has 26 heavy (non-hydrogen) atoms. The molecule has 0 atom stereocenters. The third kappa shape index (κ3) is 5.64. The molecule has 5 nitrogen and oxygen atoms in total. The highest BCUT2D eigenvalue weighted by Crippen LogP contribution is 2.17. The third-order valence-electron chi connectivity index (χ3n) is 5.09. The van der Waals surface area contributed by atoms with Crippen LogP contribution in [-0.2, 0) is 11.3 Å². The third-order valence-corrected chi connectivity index (χ3v) is 5.09. The molecule has 1 amide bonds. The van der Waals surface area contributed by atoms with Crippen molar-refractivity contribution in [3.63, 3.8) is 0 Å². The van der Waals surface area contributed by atoms with Crippen molar-refractivity contribution < 1.29 is 18.3 Å². The van der Waals surface area contributed by atoms with E-state index in [4.69, 9.17) is 0 Å². The van der Waals surface area contributed by atoms with Crippen LogP contribution >= 0.6 is 0 Å². The zero-order valence-corrected chi connectivity index (χ0v) is 15.1. The fraction of sp³-hybridized carbons (Fsp3) is 0.632. The van der Waals surface area contributed by atoms with Crippen LogP contribution in [0, 0.1) is 0 Å². The van der Waals surface area contributed by atoms with E-state index >= 15 is 0 Å².